The molecule has 2 N–H and O–H groups in total. The fourth-order valence-electron chi connectivity index (χ4n) is 2.09. The van der Waals surface area contributed by atoms with Crippen LogP contribution in [0, 0.1) is 6.92 Å². The van der Waals surface area contributed by atoms with Crippen molar-refractivity contribution in [2.24, 2.45) is 0 Å². The molecule has 0 aliphatic rings. The van der Waals surface area contributed by atoms with Crippen LogP contribution in [-0.4, -0.2) is 11.7 Å². The van der Waals surface area contributed by atoms with Crippen LogP contribution in [0.15, 0.2) is 48.5 Å². The van der Waals surface area contributed by atoms with E-state index in [1.54, 1.807) is 0 Å². The molecule has 0 aromatic heterocycles. The monoisotopic (exact) mass is 318 g/mol. The van der Waals surface area contributed by atoms with Crippen molar-refractivity contribution < 1.29 is 0 Å². The predicted molar refractivity (Wildman–Crippen MR) is 95.2 cm³/mol. The molecule has 0 amide bonds. The molecule has 0 bridgehead atoms. The zero-order valence-corrected chi connectivity index (χ0v) is 13.6. The number of aryl methyl sites for hydroxylation is 2. The second-order valence-electron chi connectivity index (χ2n) is 4.95. The zero-order chi connectivity index (χ0) is 15.1. The number of anilines is 1. The number of benzene rings is 2. The SMILES string of the molecule is Cc1cccc(CCCNC(=S)Nc2ccccc2Cl)c1. The molecular formula is C17H19ClN2S. The summed E-state index contributed by atoms with van der Waals surface area (Å²) in [4.78, 5) is 0. The van der Waals surface area contributed by atoms with Gasteiger partial charge in [0.1, 0.15) is 0 Å². The standard InChI is InChI=1S/C17H19ClN2S/c1-13-6-4-7-14(12-13)8-5-11-19-17(21)20-16-10-3-2-9-15(16)18/h2-4,6-7,9-10,12H,5,8,11H2,1H3,(H2,19,20,21). The Bertz CT molecular complexity index is 613. The molecule has 0 saturated heterocycles. The van der Waals surface area contributed by atoms with Crippen molar-refractivity contribution in [2.75, 3.05) is 11.9 Å². The van der Waals surface area contributed by atoms with E-state index >= 15 is 0 Å². The maximum atomic E-state index is 6.07. The first-order valence-corrected chi connectivity index (χ1v) is 7.79. The van der Waals surface area contributed by atoms with Gasteiger partial charge in [0.15, 0.2) is 5.11 Å². The van der Waals surface area contributed by atoms with E-state index in [-0.39, 0.29) is 0 Å². The van der Waals surface area contributed by atoms with Gasteiger partial charge in [-0.1, -0.05) is 53.6 Å². The van der Waals surface area contributed by atoms with Crippen LogP contribution in [0.3, 0.4) is 0 Å². The van der Waals surface area contributed by atoms with Crippen LogP contribution in [0.25, 0.3) is 0 Å². The maximum absolute atomic E-state index is 6.07. The summed E-state index contributed by atoms with van der Waals surface area (Å²) in [5.41, 5.74) is 3.49. The topological polar surface area (TPSA) is 24.1 Å². The summed E-state index contributed by atoms with van der Waals surface area (Å²) in [5, 5.41) is 7.58. The highest BCUT2D eigenvalue weighted by molar-refractivity contribution is 7.80. The fourth-order valence-corrected chi connectivity index (χ4v) is 2.49. The van der Waals surface area contributed by atoms with E-state index < -0.39 is 0 Å². The van der Waals surface area contributed by atoms with E-state index in [1.165, 1.54) is 11.1 Å². The molecule has 0 saturated carbocycles. The summed E-state index contributed by atoms with van der Waals surface area (Å²) in [6.45, 7) is 2.95. The van der Waals surface area contributed by atoms with Crippen molar-refractivity contribution in [3.05, 3.63) is 64.7 Å². The number of para-hydroxylation sites is 1. The molecule has 2 nitrogen and oxygen atoms in total. The molecule has 21 heavy (non-hydrogen) atoms. The molecule has 2 rings (SSSR count). The van der Waals surface area contributed by atoms with Crippen LogP contribution in [0.5, 0.6) is 0 Å². The lowest BCUT2D eigenvalue weighted by Crippen LogP contribution is -2.29. The van der Waals surface area contributed by atoms with Crippen LogP contribution in [-0.2, 0) is 6.42 Å². The normalized spacial score (nSPS) is 10.2. The van der Waals surface area contributed by atoms with Gasteiger partial charge in [-0.25, -0.2) is 0 Å². The Morgan fingerprint density at radius 2 is 1.95 bits per heavy atom. The van der Waals surface area contributed by atoms with Gasteiger partial charge in [-0.2, -0.15) is 0 Å². The number of halogens is 1. The van der Waals surface area contributed by atoms with Crippen molar-refractivity contribution in [2.45, 2.75) is 19.8 Å². The summed E-state index contributed by atoms with van der Waals surface area (Å²) in [6, 6.07) is 16.2. The number of hydrogen-bond donors (Lipinski definition) is 2. The highest BCUT2D eigenvalue weighted by atomic mass is 35.5. The Balaban J connectivity index is 1.71. The zero-order valence-electron chi connectivity index (χ0n) is 12.0. The van der Waals surface area contributed by atoms with E-state index in [2.05, 4.69) is 41.8 Å². The highest BCUT2D eigenvalue weighted by Crippen LogP contribution is 2.20. The average molecular weight is 319 g/mol. The molecule has 0 atom stereocenters. The van der Waals surface area contributed by atoms with Gasteiger partial charge >= 0.3 is 0 Å². The van der Waals surface area contributed by atoms with E-state index in [9.17, 15) is 0 Å². The average Bonchev–Trinajstić information content (AvgIpc) is 2.46. The van der Waals surface area contributed by atoms with Gasteiger partial charge in [-0.3, -0.25) is 0 Å². The third kappa shape index (κ3) is 5.37. The first kappa shape index (κ1) is 15.8. The lowest BCUT2D eigenvalue weighted by atomic mass is 10.1. The molecule has 0 aliphatic heterocycles. The van der Waals surface area contributed by atoms with E-state index in [0.29, 0.717) is 10.1 Å². The van der Waals surface area contributed by atoms with Crippen LogP contribution < -0.4 is 10.6 Å². The Morgan fingerprint density at radius 3 is 2.71 bits per heavy atom. The largest absolute Gasteiger partial charge is 0.362 e. The van der Waals surface area contributed by atoms with Crippen LogP contribution in [0.4, 0.5) is 5.69 Å². The second-order valence-corrected chi connectivity index (χ2v) is 5.77. The number of thiocarbonyl (C=S) groups is 1. The molecule has 110 valence electrons. The molecule has 0 unspecified atom stereocenters. The Morgan fingerprint density at radius 1 is 1.14 bits per heavy atom. The van der Waals surface area contributed by atoms with E-state index in [0.717, 1.165) is 25.1 Å². The Hall–Kier alpha value is -1.58. The second kappa shape index (κ2) is 8.01. The molecule has 2 aromatic rings. The lowest BCUT2D eigenvalue weighted by molar-refractivity contribution is 0.777. The summed E-state index contributed by atoms with van der Waals surface area (Å²) in [6.07, 6.45) is 2.08. The van der Waals surface area contributed by atoms with Gasteiger partial charge < -0.3 is 10.6 Å². The van der Waals surface area contributed by atoms with Crippen LogP contribution in [0.1, 0.15) is 17.5 Å². The molecule has 0 aliphatic carbocycles. The minimum Gasteiger partial charge on any atom is -0.362 e. The maximum Gasteiger partial charge on any atom is 0.170 e. The van der Waals surface area contributed by atoms with Gasteiger partial charge in [0.05, 0.1) is 10.7 Å². The molecule has 0 fully saturated rings. The smallest absolute Gasteiger partial charge is 0.170 e. The molecule has 2 aromatic carbocycles. The van der Waals surface area contributed by atoms with Crippen molar-refractivity contribution in [3.8, 4) is 0 Å². The fraction of sp³-hybridized carbons (Fsp3) is 0.235. The third-order valence-electron chi connectivity index (χ3n) is 3.13. The van der Waals surface area contributed by atoms with Gasteiger partial charge in [0, 0.05) is 6.54 Å². The summed E-state index contributed by atoms with van der Waals surface area (Å²) in [5.74, 6) is 0. The van der Waals surface area contributed by atoms with Crippen molar-refractivity contribution >= 4 is 34.6 Å². The first-order valence-electron chi connectivity index (χ1n) is 7.00. The lowest BCUT2D eigenvalue weighted by Gasteiger charge is -2.11. The summed E-state index contributed by atoms with van der Waals surface area (Å²) < 4.78 is 0. The van der Waals surface area contributed by atoms with Crippen LogP contribution in [0.2, 0.25) is 5.02 Å². The van der Waals surface area contributed by atoms with Gasteiger partial charge in [-0.05, 0) is 49.7 Å². The first-order chi connectivity index (χ1) is 10.1. The molecular weight excluding hydrogens is 300 g/mol. The summed E-state index contributed by atoms with van der Waals surface area (Å²) >= 11 is 11.3. The van der Waals surface area contributed by atoms with Crippen molar-refractivity contribution in [1.82, 2.24) is 5.32 Å². The van der Waals surface area contributed by atoms with Gasteiger partial charge in [-0.15, -0.1) is 0 Å². The van der Waals surface area contributed by atoms with Crippen molar-refractivity contribution in [3.63, 3.8) is 0 Å². The minimum absolute atomic E-state index is 0.604. The Labute approximate surface area is 136 Å². The molecule has 0 spiro atoms. The van der Waals surface area contributed by atoms with Gasteiger partial charge in [0.2, 0.25) is 0 Å². The number of rotatable bonds is 5. The highest BCUT2D eigenvalue weighted by Gasteiger charge is 2.01. The molecule has 0 radical (unpaired) electrons. The van der Waals surface area contributed by atoms with Crippen molar-refractivity contribution in [1.29, 1.82) is 0 Å². The molecule has 4 heteroatoms. The summed E-state index contributed by atoms with van der Waals surface area (Å²) in [7, 11) is 0. The minimum atomic E-state index is 0.604. The number of nitrogens with one attached hydrogen (secondary N) is 2. The molecule has 0 heterocycles. The number of hydrogen-bond acceptors (Lipinski definition) is 1. The Kier molecular flexibility index (Phi) is 6.03. The third-order valence-corrected chi connectivity index (χ3v) is 3.71. The quantitative estimate of drug-likeness (QED) is 0.624. The van der Waals surface area contributed by atoms with Gasteiger partial charge in [0.25, 0.3) is 0 Å². The van der Waals surface area contributed by atoms with E-state index in [1.807, 2.05) is 24.3 Å². The van der Waals surface area contributed by atoms with E-state index in [4.69, 9.17) is 23.8 Å². The van der Waals surface area contributed by atoms with Crippen LogP contribution >= 0.6 is 23.8 Å². The predicted octanol–water partition coefficient (Wildman–Crippen LogP) is 4.57.